The van der Waals surface area contributed by atoms with E-state index in [1.807, 2.05) is 6.92 Å². The van der Waals surface area contributed by atoms with E-state index in [0.29, 0.717) is 44.8 Å². The fourth-order valence-corrected chi connectivity index (χ4v) is 3.71. The first kappa shape index (κ1) is 20.9. The Hall–Kier alpha value is -1.19. The first-order chi connectivity index (χ1) is 10.9. The van der Waals surface area contributed by atoms with Crippen LogP contribution in [0.4, 0.5) is 5.69 Å². The van der Waals surface area contributed by atoms with E-state index in [0.717, 1.165) is 0 Å². The highest BCUT2D eigenvalue weighted by Gasteiger charge is 2.26. The van der Waals surface area contributed by atoms with Crippen molar-refractivity contribution in [3.05, 3.63) is 24.3 Å². The molecule has 136 valence electrons. The van der Waals surface area contributed by atoms with Gasteiger partial charge in [0.15, 0.2) is 0 Å². The average molecular weight is 378 g/mol. The van der Waals surface area contributed by atoms with Crippen molar-refractivity contribution in [1.29, 1.82) is 0 Å². The molecule has 1 saturated heterocycles. The number of benzene rings is 1. The van der Waals surface area contributed by atoms with Crippen LogP contribution in [0.1, 0.15) is 19.8 Å². The maximum atomic E-state index is 12.6. The summed E-state index contributed by atoms with van der Waals surface area (Å²) >= 11 is 0. The van der Waals surface area contributed by atoms with Gasteiger partial charge in [0, 0.05) is 31.2 Å². The van der Waals surface area contributed by atoms with E-state index in [1.165, 1.54) is 16.4 Å². The SMILES string of the molecule is CC(N)CCC(=O)Nc1cccc(S(=O)(=O)N2CCOCC2)c1.Cl. The lowest BCUT2D eigenvalue weighted by molar-refractivity contribution is -0.116. The molecule has 1 amide bonds. The van der Waals surface area contributed by atoms with Gasteiger partial charge in [-0.15, -0.1) is 12.4 Å². The van der Waals surface area contributed by atoms with E-state index in [2.05, 4.69) is 5.32 Å². The predicted molar refractivity (Wildman–Crippen MR) is 94.8 cm³/mol. The standard InChI is InChI=1S/C15H23N3O4S.ClH/c1-12(16)5-6-15(19)17-13-3-2-4-14(11-13)23(20,21)18-7-9-22-10-8-18;/h2-4,11-12H,5-10,16H2,1H3,(H,17,19);1H. The molecule has 1 aromatic rings. The largest absolute Gasteiger partial charge is 0.379 e. The Morgan fingerprint density at radius 1 is 1.38 bits per heavy atom. The van der Waals surface area contributed by atoms with E-state index >= 15 is 0 Å². The van der Waals surface area contributed by atoms with Crippen molar-refractivity contribution < 1.29 is 17.9 Å². The molecule has 1 heterocycles. The molecule has 7 nitrogen and oxygen atoms in total. The normalized spacial score (nSPS) is 16.9. The third-order valence-corrected chi connectivity index (χ3v) is 5.45. The van der Waals surface area contributed by atoms with Crippen molar-refractivity contribution in [3.8, 4) is 0 Å². The molecule has 24 heavy (non-hydrogen) atoms. The van der Waals surface area contributed by atoms with E-state index < -0.39 is 10.0 Å². The van der Waals surface area contributed by atoms with Crippen molar-refractivity contribution in [2.24, 2.45) is 5.73 Å². The smallest absolute Gasteiger partial charge is 0.243 e. The minimum atomic E-state index is -3.56. The topological polar surface area (TPSA) is 102 Å². The average Bonchev–Trinajstić information content (AvgIpc) is 2.54. The van der Waals surface area contributed by atoms with Crippen molar-refractivity contribution in [3.63, 3.8) is 0 Å². The second-order valence-electron chi connectivity index (χ2n) is 5.61. The fourth-order valence-electron chi connectivity index (χ4n) is 2.25. The van der Waals surface area contributed by atoms with Crippen molar-refractivity contribution in [1.82, 2.24) is 4.31 Å². The molecule has 1 aliphatic rings. The molecule has 0 aromatic heterocycles. The lowest BCUT2D eigenvalue weighted by Gasteiger charge is -2.26. The zero-order valence-corrected chi connectivity index (χ0v) is 15.2. The minimum absolute atomic E-state index is 0. The summed E-state index contributed by atoms with van der Waals surface area (Å²) in [5, 5.41) is 2.71. The van der Waals surface area contributed by atoms with E-state index in [4.69, 9.17) is 10.5 Å². The minimum Gasteiger partial charge on any atom is -0.379 e. The Labute approximate surface area is 149 Å². The molecule has 1 unspecified atom stereocenters. The number of ether oxygens (including phenoxy) is 1. The third kappa shape index (κ3) is 5.71. The lowest BCUT2D eigenvalue weighted by Crippen LogP contribution is -2.40. The quantitative estimate of drug-likeness (QED) is 0.775. The van der Waals surface area contributed by atoms with Crippen LogP contribution in [0.15, 0.2) is 29.2 Å². The highest BCUT2D eigenvalue weighted by molar-refractivity contribution is 7.89. The summed E-state index contributed by atoms with van der Waals surface area (Å²) in [4.78, 5) is 12.0. The lowest BCUT2D eigenvalue weighted by atomic mass is 10.2. The third-order valence-electron chi connectivity index (χ3n) is 3.55. The Morgan fingerprint density at radius 3 is 2.67 bits per heavy atom. The molecule has 3 N–H and O–H groups in total. The van der Waals surface area contributed by atoms with Crippen LogP contribution in [0.5, 0.6) is 0 Å². The first-order valence-corrected chi connectivity index (χ1v) is 9.07. The number of anilines is 1. The summed E-state index contributed by atoms with van der Waals surface area (Å²) < 4.78 is 31.7. The van der Waals surface area contributed by atoms with Crippen LogP contribution in [-0.4, -0.2) is 51.0 Å². The number of sulfonamides is 1. The highest BCUT2D eigenvalue weighted by atomic mass is 35.5. The summed E-state index contributed by atoms with van der Waals surface area (Å²) in [6.45, 7) is 3.31. The van der Waals surface area contributed by atoms with Gasteiger partial charge >= 0.3 is 0 Å². The number of morpholine rings is 1. The molecule has 2 rings (SSSR count). The monoisotopic (exact) mass is 377 g/mol. The van der Waals surface area contributed by atoms with Gasteiger partial charge in [-0.05, 0) is 31.5 Å². The van der Waals surface area contributed by atoms with Crippen LogP contribution in [0, 0.1) is 0 Å². The number of nitrogens with one attached hydrogen (secondary N) is 1. The zero-order chi connectivity index (χ0) is 16.9. The van der Waals surface area contributed by atoms with Crippen LogP contribution in [0.25, 0.3) is 0 Å². The summed E-state index contributed by atoms with van der Waals surface area (Å²) in [5.41, 5.74) is 6.09. The molecule has 0 spiro atoms. The Morgan fingerprint density at radius 2 is 2.04 bits per heavy atom. The first-order valence-electron chi connectivity index (χ1n) is 7.63. The van der Waals surface area contributed by atoms with Gasteiger partial charge in [-0.1, -0.05) is 6.07 Å². The van der Waals surface area contributed by atoms with Crippen LogP contribution < -0.4 is 11.1 Å². The zero-order valence-electron chi connectivity index (χ0n) is 13.6. The van der Waals surface area contributed by atoms with Crippen LogP contribution in [-0.2, 0) is 19.6 Å². The molecule has 9 heteroatoms. The molecule has 1 fully saturated rings. The van der Waals surface area contributed by atoms with Crippen LogP contribution in [0.3, 0.4) is 0 Å². The van der Waals surface area contributed by atoms with Gasteiger partial charge in [0.05, 0.1) is 18.1 Å². The Bertz CT molecular complexity index is 646. The van der Waals surface area contributed by atoms with Crippen molar-refractivity contribution in [2.45, 2.75) is 30.7 Å². The van der Waals surface area contributed by atoms with E-state index in [1.54, 1.807) is 12.1 Å². The van der Waals surface area contributed by atoms with Gasteiger partial charge in [0.2, 0.25) is 15.9 Å². The molecule has 1 aliphatic heterocycles. The van der Waals surface area contributed by atoms with Gasteiger partial charge in [0.25, 0.3) is 0 Å². The van der Waals surface area contributed by atoms with Gasteiger partial charge in [-0.2, -0.15) is 4.31 Å². The molecular weight excluding hydrogens is 354 g/mol. The highest BCUT2D eigenvalue weighted by Crippen LogP contribution is 2.20. The van der Waals surface area contributed by atoms with Crippen molar-refractivity contribution >= 4 is 34.0 Å². The number of nitrogens with two attached hydrogens (primary N) is 1. The maximum absolute atomic E-state index is 12.6. The fraction of sp³-hybridized carbons (Fsp3) is 0.533. The number of hydrogen-bond donors (Lipinski definition) is 2. The number of halogens is 1. The number of carbonyl (C=O) groups excluding carboxylic acids is 1. The molecule has 0 radical (unpaired) electrons. The van der Waals surface area contributed by atoms with E-state index in [-0.39, 0.29) is 29.3 Å². The van der Waals surface area contributed by atoms with Crippen molar-refractivity contribution in [2.75, 3.05) is 31.6 Å². The Kier molecular flexibility index (Phi) is 8.11. The summed E-state index contributed by atoms with van der Waals surface area (Å²) in [6.07, 6.45) is 0.885. The predicted octanol–water partition coefficient (Wildman–Crippen LogP) is 1.20. The van der Waals surface area contributed by atoms with E-state index in [9.17, 15) is 13.2 Å². The summed E-state index contributed by atoms with van der Waals surface area (Å²) in [6, 6.07) is 6.25. The Balaban J connectivity index is 0.00000288. The molecular formula is C15H24ClN3O4S. The van der Waals surface area contributed by atoms with Crippen LogP contribution >= 0.6 is 12.4 Å². The van der Waals surface area contributed by atoms with Gasteiger partial charge in [-0.25, -0.2) is 8.42 Å². The second kappa shape index (κ2) is 9.33. The second-order valence-corrected chi connectivity index (χ2v) is 7.55. The number of amides is 1. The molecule has 0 bridgehead atoms. The molecule has 1 aromatic carbocycles. The number of hydrogen-bond acceptors (Lipinski definition) is 5. The molecule has 0 aliphatic carbocycles. The molecule has 0 saturated carbocycles. The van der Waals surface area contributed by atoms with Crippen LogP contribution in [0.2, 0.25) is 0 Å². The molecule has 1 atom stereocenters. The number of nitrogens with zero attached hydrogens (tertiary/aromatic N) is 1. The summed E-state index contributed by atoms with van der Waals surface area (Å²) in [5.74, 6) is -0.178. The number of rotatable bonds is 6. The summed E-state index contributed by atoms with van der Waals surface area (Å²) in [7, 11) is -3.56. The van der Waals surface area contributed by atoms with Gasteiger partial charge < -0.3 is 15.8 Å². The number of carbonyl (C=O) groups is 1. The van der Waals surface area contributed by atoms with Gasteiger partial charge in [-0.3, -0.25) is 4.79 Å². The maximum Gasteiger partial charge on any atom is 0.243 e. The van der Waals surface area contributed by atoms with Gasteiger partial charge in [0.1, 0.15) is 0 Å².